The van der Waals surface area contributed by atoms with Gasteiger partial charge in [0, 0.05) is 19.8 Å². The number of nitrogens with zero attached hydrogens (tertiary/aromatic N) is 1. The van der Waals surface area contributed by atoms with Gasteiger partial charge in [-0.1, -0.05) is 36.7 Å². The topological polar surface area (TPSA) is 41.5 Å². The maximum absolute atomic E-state index is 12.2. The highest BCUT2D eigenvalue weighted by atomic mass is 35.5. The van der Waals surface area contributed by atoms with Crippen molar-refractivity contribution in [3.8, 4) is 0 Å². The van der Waals surface area contributed by atoms with Crippen LogP contribution in [0.3, 0.4) is 0 Å². The Morgan fingerprint density at radius 3 is 2.82 bits per heavy atom. The van der Waals surface area contributed by atoms with Crippen LogP contribution in [0.2, 0.25) is 5.02 Å². The van der Waals surface area contributed by atoms with Crippen molar-refractivity contribution in [2.45, 2.75) is 13.3 Å². The first kappa shape index (κ1) is 15.2. The lowest BCUT2D eigenvalue weighted by molar-refractivity contribution is 0.0959. The largest absolute Gasteiger partial charge is 0.283 e. The Morgan fingerprint density at radius 1 is 1.27 bits per heavy atom. The minimum Gasteiger partial charge on any atom is -0.266 e. The number of hydrogen-bond acceptors (Lipinski definition) is 4. The lowest BCUT2D eigenvalue weighted by Gasteiger charge is -1.96. The lowest BCUT2D eigenvalue weighted by atomic mass is 10.2. The van der Waals surface area contributed by atoms with Gasteiger partial charge in [0.05, 0.1) is 11.2 Å². The molecule has 3 aromatic rings. The van der Waals surface area contributed by atoms with Crippen molar-refractivity contribution < 1.29 is 4.79 Å². The number of thiophene rings is 2. The van der Waals surface area contributed by atoms with E-state index in [1.54, 1.807) is 17.6 Å². The fourth-order valence-corrected chi connectivity index (χ4v) is 4.25. The summed E-state index contributed by atoms with van der Waals surface area (Å²) in [7, 11) is 0. The van der Waals surface area contributed by atoms with Gasteiger partial charge in [-0.25, -0.2) is 5.43 Å². The second kappa shape index (κ2) is 6.60. The van der Waals surface area contributed by atoms with Crippen LogP contribution in [0.25, 0.3) is 10.1 Å². The Balaban J connectivity index is 1.74. The lowest BCUT2D eigenvalue weighted by Crippen LogP contribution is -2.16. The van der Waals surface area contributed by atoms with Crippen molar-refractivity contribution in [3.05, 3.63) is 56.1 Å². The van der Waals surface area contributed by atoms with Crippen LogP contribution in [-0.4, -0.2) is 12.1 Å². The molecule has 6 heteroatoms. The average molecular weight is 349 g/mol. The third kappa shape index (κ3) is 3.06. The van der Waals surface area contributed by atoms with Gasteiger partial charge < -0.3 is 0 Å². The molecule has 0 unspecified atom stereocenters. The van der Waals surface area contributed by atoms with Gasteiger partial charge >= 0.3 is 0 Å². The molecule has 0 spiro atoms. The molecule has 1 amide bonds. The zero-order valence-corrected chi connectivity index (χ0v) is 14.2. The number of aryl methyl sites for hydroxylation is 1. The predicted molar refractivity (Wildman–Crippen MR) is 95.6 cm³/mol. The zero-order chi connectivity index (χ0) is 15.5. The number of carbonyl (C=O) groups is 1. The molecule has 0 bridgehead atoms. The van der Waals surface area contributed by atoms with Crippen LogP contribution in [0.15, 0.2) is 41.5 Å². The molecule has 0 saturated carbocycles. The summed E-state index contributed by atoms with van der Waals surface area (Å²) in [5.74, 6) is -0.283. The Labute approximate surface area is 141 Å². The predicted octanol–water partition coefficient (Wildman–Crippen LogP) is 4.94. The van der Waals surface area contributed by atoms with E-state index in [2.05, 4.69) is 23.5 Å². The minimum absolute atomic E-state index is 0.283. The highest BCUT2D eigenvalue weighted by Gasteiger charge is 2.16. The Morgan fingerprint density at radius 2 is 2.09 bits per heavy atom. The summed E-state index contributed by atoms with van der Waals surface area (Å²) in [5.41, 5.74) is 2.54. The van der Waals surface area contributed by atoms with Crippen LogP contribution < -0.4 is 5.43 Å². The Hall–Kier alpha value is -1.69. The summed E-state index contributed by atoms with van der Waals surface area (Å²) in [4.78, 5) is 15.0. The van der Waals surface area contributed by atoms with Gasteiger partial charge in [-0.05, 0) is 24.6 Å². The number of hydrazone groups is 1. The van der Waals surface area contributed by atoms with Gasteiger partial charge in [0.25, 0.3) is 5.91 Å². The summed E-state index contributed by atoms with van der Waals surface area (Å²) >= 11 is 9.30. The van der Waals surface area contributed by atoms with E-state index < -0.39 is 0 Å². The third-order valence-corrected chi connectivity index (χ3v) is 5.97. The summed E-state index contributed by atoms with van der Waals surface area (Å²) in [5, 5.41) is 5.39. The summed E-state index contributed by atoms with van der Waals surface area (Å²) < 4.78 is 0.993. The van der Waals surface area contributed by atoms with E-state index in [0.717, 1.165) is 21.4 Å². The third-order valence-electron chi connectivity index (χ3n) is 3.13. The quantitative estimate of drug-likeness (QED) is 0.526. The van der Waals surface area contributed by atoms with Crippen LogP contribution in [-0.2, 0) is 6.42 Å². The molecule has 0 radical (unpaired) electrons. The maximum Gasteiger partial charge on any atom is 0.283 e. The minimum atomic E-state index is -0.283. The first-order valence-corrected chi connectivity index (χ1v) is 8.79. The number of halogens is 1. The molecule has 0 fully saturated rings. The summed E-state index contributed by atoms with van der Waals surface area (Å²) in [6, 6.07) is 11.7. The molecule has 22 heavy (non-hydrogen) atoms. The molecule has 2 aromatic heterocycles. The Kier molecular flexibility index (Phi) is 4.57. The van der Waals surface area contributed by atoms with E-state index in [-0.39, 0.29) is 5.91 Å². The van der Waals surface area contributed by atoms with Crippen molar-refractivity contribution >= 4 is 56.5 Å². The second-order valence-electron chi connectivity index (χ2n) is 4.60. The molecule has 0 aliphatic carbocycles. The molecule has 112 valence electrons. The van der Waals surface area contributed by atoms with Crippen molar-refractivity contribution in [2.24, 2.45) is 5.10 Å². The van der Waals surface area contributed by atoms with Gasteiger partial charge in [-0.3, -0.25) is 4.79 Å². The fraction of sp³-hybridized carbons (Fsp3) is 0.125. The van der Waals surface area contributed by atoms with Gasteiger partial charge in [-0.2, -0.15) is 5.10 Å². The van der Waals surface area contributed by atoms with Crippen LogP contribution in [0.5, 0.6) is 0 Å². The van der Waals surface area contributed by atoms with Crippen LogP contribution >= 0.6 is 34.3 Å². The number of hydrogen-bond donors (Lipinski definition) is 1. The number of carbonyl (C=O) groups excluding carboxylic acids is 1. The standard InChI is InChI=1S/C16H13ClN2OS2/c1-2-10-7-8-11(21-10)9-18-19-16(20)15-14(17)12-5-3-4-6-13(12)22-15/h3-9H,2H2,1H3,(H,19,20)/b18-9+. The molecule has 1 aromatic carbocycles. The smallest absolute Gasteiger partial charge is 0.266 e. The van der Waals surface area contributed by atoms with E-state index in [4.69, 9.17) is 11.6 Å². The molecule has 0 atom stereocenters. The number of amides is 1. The SMILES string of the molecule is CCc1ccc(/C=N/NC(=O)c2sc3ccccc3c2Cl)s1. The van der Waals surface area contributed by atoms with Gasteiger partial charge in [0.2, 0.25) is 0 Å². The molecule has 0 saturated heterocycles. The van der Waals surface area contributed by atoms with Crippen molar-refractivity contribution in [3.63, 3.8) is 0 Å². The Bertz CT molecular complexity index is 851. The maximum atomic E-state index is 12.2. The monoisotopic (exact) mass is 348 g/mol. The average Bonchev–Trinajstić information content (AvgIpc) is 3.12. The van der Waals surface area contributed by atoms with E-state index >= 15 is 0 Å². The number of rotatable bonds is 4. The second-order valence-corrected chi connectivity index (χ2v) is 7.23. The molecule has 0 aliphatic rings. The van der Waals surface area contributed by atoms with Crippen molar-refractivity contribution in [1.82, 2.24) is 5.43 Å². The first-order chi connectivity index (χ1) is 10.7. The molecule has 3 nitrogen and oxygen atoms in total. The van der Waals surface area contributed by atoms with Crippen molar-refractivity contribution in [2.75, 3.05) is 0 Å². The highest BCUT2D eigenvalue weighted by Crippen LogP contribution is 2.34. The van der Waals surface area contributed by atoms with E-state index in [0.29, 0.717) is 9.90 Å². The summed E-state index contributed by atoms with van der Waals surface area (Å²) in [6.45, 7) is 2.11. The van der Waals surface area contributed by atoms with Crippen LogP contribution in [0.4, 0.5) is 0 Å². The number of benzene rings is 1. The molecule has 1 N–H and O–H groups in total. The van der Waals surface area contributed by atoms with E-state index in [1.807, 2.05) is 30.3 Å². The van der Waals surface area contributed by atoms with Gasteiger partial charge in [0.15, 0.2) is 0 Å². The molecule has 3 rings (SSSR count). The van der Waals surface area contributed by atoms with Gasteiger partial charge in [0.1, 0.15) is 4.88 Å². The normalized spacial score (nSPS) is 11.4. The van der Waals surface area contributed by atoms with E-state index in [9.17, 15) is 4.79 Å². The molecule has 0 aliphatic heterocycles. The molecular formula is C16H13ClN2OS2. The van der Waals surface area contributed by atoms with E-state index in [1.165, 1.54) is 16.2 Å². The first-order valence-electron chi connectivity index (χ1n) is 6.78. The van der Waals surface area contributed by atoms with Crippen LogP contribution in [0, 0.1) is 0 Å². The zero-order valence-electron chi connectivity index (χ0n) is 11.8. The van der Waals surface area contributed by atoms with Crippen LogP contribution in [0.1, 0.15) is 26.3 Å². The fourth-order valence-electron chi connectivity index (χ4n) is 2.02. The van der Waals surface area contributed by atoms with Gasteiger partial charge in [-0.15, -0.1) is 22.7 Å². The number of nitrogens with one attached hydrogen (secondary N) is 1. The van der Waals surface area contributed by atoms with Crippen molar-refractivity contribution in [1.29, 1.82) is 0 Å². The summed E-state index contributed by atoms with van der Waals surface area (Å²) in [6.07, 6.45) is 2.66. The highest BCUT2D eigenvalue weighted by molar-refractivity contribution is 7.21. The molecular weight excluding hydrogens is 336 g/mol. The number of fused-ring (bicyclic) bond motifs is 1. The molecule has 2 heterocycles.